The number of fused-ring (bicyclic) bond motifs is 2. The number of benzene rings is 2. The van der Waals surface area contributed by atoms with E-state index in [1.165, 1.54) is 0 Å². The number of methoxy groups -OCH3 is 1. The first kappa shape index (κ1) is 30.7. The van der Waals surface area contributed by atoms with Crippen LogP contribution in [0.4, 0.5) is 0 Å². The highest BCUT2D eigenvalue weighted by Crippen LogP contribution is 2.52. The van der Waals surface area contributed by atoms with Gasteiger partial charge in [-0.2, -0.15) is 0 Å². The van der Waals surface area contributed by atoms with Crippen LogP contribution in [0.3, 0.4) is 0 Å². The Balaban J connectivity index is 1.56. The molecule has 0 spiro atoms. The van der Waals surface area contributed by atoms with Crippen molar-refractivity contribution in [1.82, 2.24) is 0 Å². The molecule has 2 aromatic rings. The van der Waals surface area contributed by atoms with Gasteiger partial charge in [0, 0.05) is 30.4 Å². The maximum atomic E-state index is 13.1. The molecule has 0 saturated heterocycles. The van der Waals surface area contributed by atoms with Gasteiger partial charge < -0.3 is 29.2 Å². The van der Waals surface area contributed by atoms with Crippen LogP contribution in [0.1, 0.15) is 94.7 Å². The Kier molecular flexibility index (Phi) is 9.16. The number of phenols is 1. The number of Topliss-reactive ketones (excluding diaryl/α,β-unsaturated/α-hetero) is 1. The van der Waals surface area contributed by atoms with Crippen molar-refractivity contribution < 1.29 is 38.7 Å². The van der Waals surface area contributed by atoms with Crippen LogP contribution in [0.5, 0.6) is 23.0 Å². The summed E-state index contributed by atoms with van der Waals surface area (Å²) in [6.07, 6.45) is 7.90. The third-order valence-electron chi connectivity index (χ3n) is 8.83. The number of ketones is 1. The number of carbonyl (C=O) groups is 2. The van der Waals surface area contributed by atoms with Crippen LogP contribution in [0, 0.1) is 0 Å². The molecule has 43 heavy (non-hydrogen) atoms. The first-order valence-corrected chi connectivity index (χ1v) is 15.4. The van der Waals surface area contributed by atoms with Gasteiger partial charge in [-0.05, 0) is 62.5 Å². The lowest BCUT2D eigenvalue weighted by Crippen LogP contribution is -2.42. The van der Waals surface area contributed by atoms with Gasteiger partial charge >= 0.3 is 5.97 Å². The molecule has 1 saturated carbocycles. The summed E-state index contributed by atoms with van der Waals surface area (Å²) in [4.78, 5) is 26.0. The van der Waals surface area contributed by atoms with Gasteiger partial charge in [-0.3, -0.25) is 4.79 Å². The zero-order valence-corrected chi connectivity index (χ0v) is 25.5. The van der Waals surface area contributed by atoms with Crippen LogP contribution >= 0.6 is 0 Å². The Bertz CT molecular complexity index is 1430. The molecule has 2 aromatic carbocycles. The molecule has 0 radical (unpaired) electrons. The summed E-state index contributed by atoms with van der Waals surface area (Å²) in [5, 5.41) is 21.2. The van der Waals surface area contributed by atoms with Gasteiger partial charge in [0.05, 0.1) is 24.9 Å². The van der Waals surface area contributed by atoms with Gasteiger partial charge in [0.1, 0.15) is 34.9 Å². The van der Waals surface area contributed by atoms with Crippen molar-refractivity contribution in [3.8, 4) is 23.0 Å². The number of hydrogen-bond donors (Lipinski definition) is 2. The zero-order valence-electron chi connectivity index (χ0n) is 25.5. The molecule has 8 nitrogen and oxygen atoms in total. The van der Waals surface area contributed by atoms with Gasteiger partial charge in [-0.15, -0.1) is 0 Å². The monoisotopic (exact) mass is 590 g/mol. The zero-order chi connectivity index (χ0) is 30.7. The molecule has 1 aliphatic carbocycles. The lowest BCUT2D eigenvalue weighted by atomic mass is 9.77. The topological polar surface area (TPSA) is 112 Å². The Hall–Kier alpha value is -3.78. The fraction of sp³-hybridized carbons (Fsp3) is 0.486. The number of hydrogen-bond acceptors (Lipinski definition) is 8. The Morgan fingerprint density at radius 3 is 2.53 bits per heavy atom. The first-order chi connectivity index (χ1) is 20.7. The van der Waals surface area contributed by atoms with E-state index >= 15 is 0 Å². The predicted octanol–water partition coefficient (Wildman–Crippen LogP) is 6.56. The summed E-state index contributed by atoms with van der Waals surface area (Å²) < 4.78 is 23.8. The number of aromatic hydroxyl groups is 1. The number of phenolic OH excluding ortho intramolecular Hbond substituents is 1. The fourth-order valence-corrected chi connectivity index (χ4v) is 6.41. The maximum absolute atomic E-state index is 13.1. The van der Waals surface area contributed by atoms with E-state index in [2.05, 4.69) is 6.92 Å². The molecule has 0 amide bonds. The van der Waals surface area contributed by atoms with Crippen LogP contribution in [0.25, 0.3) is 5.57 Å². The molecule has 3 atom stereocenters. The minimum Gasteiger partial charge on any atom is -0.508 e. The molecule has 2 aliphatic heterocycles. The van der Waals surface area contributed by atoms with E-state index in [0.717, 1.165) is 48.0 Å². The molecule has 8 heteroatoms. The van der Waals surface area contributed by atoms with Gasteiger partial charge in [-0.25, -0.2) is 4.79 Å². The highest BCUT2D eigenvalue weighted by Gasteiger charge is 2.42. The third kappa shape index (κ3) is 6.30. The van der Waals surface area contributed by atoms with Crippen molar-refractivity contribution in [2.75, 3.05) is 13.7 Å². The molecule has 230 valence electrons. The lowest BCUT2D eigenvalue weighted by Gasteiger charge is -2.29. The highest BCUT2D eigenvalue weighted by atomic mass is 16.6. The second-order valence-corrected chi connectivity index (χ2v) is 11.9. The average molecular weight is 591 g/mol. The van der Waals surface area contributed by atoms with Gasteiger partial charge in [0.25, 0.3) is 0 Å². The molecular formula is C35H42O8. The Morgan fingerprint density at radius 1 is 1.07 bits per heavy atom. The first-order valence-electron chi connectivity index (χ1n) is 15.4. The lowest BCUT2D eigenvalue weighted by molar-refractivity contribution is -0.141. The van der Waals surface area contributed by atoms with E-state index in [-0.39, 0.29) is 29.8 Å². The summed E-state index contributed by atoms with van der Waals surface area (Å²) in [5.74, 6) is 0.917. The quantitative estimate of drug-likeness (QED) is 0.237. The molecule has 0 unspecified atom stereocenters. The van der Waals surface area contributed by atoms with Crippen molar-refractivity contribution >= 4 is 17.3 Å². The minimum absolute atomic E-state index is 0.0504. The smallest absolute Gasteiger partial charge is 0.374 e. The van der Waals surface area contributed by atoms with E-state index in [1.807, 2.05) is 6.92 Å². The standard InChI is InChI=1S/C35H42O8/c1-5-7-8-9-16-35(3,39)31-19-26-28(43-31)20-29-32(33(26)40-4)25(18-30(42-29)34(38)41-6-2)22-12-15-27(37)24(17-22)21-10-13-23(36)14-11-21/h10-11,13-14,18,20,24,31,36,39H,5-9,12,15-17,19H2,1-4H3/b25-22+/t24-,31-,35-/m0/s1. The van der Waals surface area contributed by atoms with Crippen LogP contribution < -0.4 is 14.2 Å². The van der Waals surface area contributed by atoms with Crippen LogP contribution in [-0.4, -0.2) is 47.4 Å². The predicted molar refractivity (Wildman–Crippen MR) is 162 cm³/mol. The Morgan fingerprint density at radius 2 is 1.84 bits per heavy atom. The van der Waals surface area contributed by atoms with Crippen LogP contribution in [0.15, 0.2) is 47.7 Å². The summed E-state index contributed by atoms with van der Waals surface area (Å²) in [6, 6.07) is 8.52. The Labute approximate surface area is 253 Å². The molecule has 1 fully saturated rings. The molecule has 3 aliphatic rings. The van der Waals surface area contributed by atoms with Crippen molar-refractivity contribution in [2.45, 2.75) is 96.2 Å². The molecule has 5 rings (SSSR count). The van der Waals surface area contributed by atoms with E-state index in [1.54, 1.807) is 50.4 Å². The molecule has 2 N–H and O–H groups in total. The summed E-state index contributed by atoms with van der Waals surface area (Å²) in [5.41, 5.74) is 3.12. The van der Waals surface area contributed by atoms with E-state index in [4.69, 9.17) is 18.9 Å². The molecule has 0 bridgehead atoms. The highest BCUT2D eigenvalue weighted by molar-refractivity contribution is 5.98. The van der Waals surface area contributed by atoms with Crippen molar-refractivity contribution in [3.05, 3.63) is 64.4 Å². The maximum Gasteiger partial charge on any atom is 0.374 e. The second-order valence-electron chi connectivity index (χ2n) is 11.9. The number of allylic oxidation sites excluding steroid dienone is 3. The SMILES string of the molecule is CCCCCC[C@](C)(O)[C@@H]1Cc2c(cc3c(c2OC)/C(=C2\CCC(=O)[C@H](c4ccc(O)cc4)C2)C=C(C(=O)OCC)O3)O1. The van der Waals surface area contributed by atoms with Crippen LogP contribution in [0.2, 0.25) is 0 Å². The van der Waals surface area contributed by atoms with Crippen molar-refractivity contribution in [3.63, 3.8) is 0 Å². The molecule has 2 heterocycles. The van der Waals surface area contributed by atoms with Gasteiger partial charge in [0.15, 0.2) is 0 Å². The largest absolute Gasteiger partial charge is 0.508 e. The normalized spacial score (nSPS) is 22.4. The van der Waals surface area contributed by atoms with Crippen molar-refractivity contribution in [2.24, 2.45) is 0 Å². The van der Waals surface area contributed by atoms with E-state index in [0.29, 0.717) is 54.9 Å². The summed E-state index contributed by atoms with van der Waals surface area (Å²) in [7, 11) is 1.60. The number of esters is 1. The van der Waals surface area contributed by atoms with E-state index in [9.17, 15) is 19.8 Å². The number of ether oxygens (including phenoxy) is 4. The third-order valence-corrected chi connectivity index (χ3v) is 8.83. The number of carbonyl (C=O) groups excluding carboxylic acids is 2. The summed E-state index contributed by atoms with van der Waals surface area (Å²) in [6.45, 7) is 5.92. The van der Waals surface area contributed by atoms with Crippen molar-refractivity contribution in [1.29, 1.82) is 0 Å². The van der Waals surface area contributed by atoms with E-state index < -0.39 is 17.7 Å². The van der Waals surface area contributed by atoms with Gasteiger partial charge in [-0.1, -0.05) is 50.3 Å². The fourth-order valence-electron chi connectivity index (χ4n) is 6.41. The van der Waals surface area contributed by atoms with Crippen LogP contribution in [-0.2, 0) is 20.7 Å². The van der Waals surface area contributed by atoms with Gasteiger partial charge in [0.2, 0.25) is 5.76 Å². The molecular weight excluding hydrogens is 548 g/mol. The molecule has 0 aromatic heterocycles. The number of unbranched alkanes of at least 4 members (excludes halogenated alkanes) is 3. The summed E-state index contributed by atoms with van der Waals surface area (Å²) >= 11 is 0. The number of aliphatic hydroxyl groups is 1. The number of rotatable bonds is 10. The minimum atomic E-state index is -1.03. The average Bonchev–Trinajstić information content (AvgIpc) is 3.43. The second kappa shape index (κ2) is 12.8.